The molecule has 0 aromatic carbocycles. The van der Waals surface area contributed by atoms with Gasteiger partial charge in [0, 0.05) is 25.0 Å². The number of hydrogen-bond acceptors (Lipinski definition) is 4. The molecule has 1 fully saturated rings. The summed E-state index contributed by atoms with van der Waals surface area (Å²) in [7, 11) is 0. The van der Waals surface area contributed by atoms with E-state index in [1.807, 2.05) is 0 Å². The summed E-state index contributed by atoms with van der Waals surface area (Å²) in [6, 6.07) is 0. The zero-order valence-electron chi connectivity index (χ0n) is 11.8. The number of hydrogen-bond donors (Lipinski definition) is 1. The molecule has 2 rings (SSSR count). The zero-order chi connectivity index (χ0) is 13.0. The van der Waals surface area contributed by atoms with E-state index in [9.17, 15) is 0 Å². The molecule has 102 valence electrons. The van der Waals surface area contributed by atoms with Crippen molar-refractivity contribution in [2.45, 2.75) is 40.2 Å². The number of rotatable bonds is 5. The summed E-state index contributed by atoms with van der Waals surface area (Å²) in [5, 5.41) is 6.81. The summed E-state index contributed by atoms with van der Waals surface area (Å²) in [5.74, 6) is 1.64. The molecule has 0 saturated carbocycles. The van der Waals surface area contributed by atoms with Gasteiger partial charge in [-0.05, 0) is 31.2 Å². The Morgan fingerprint density at radius 2 is 2.28 bits per heavy atom. The molecule has 1 aromatic heterocycles. The predicted octanol–water partition coefficient (Wildman–Crippen LogP) is 3.13. The highest BCUT2D eigenvalue weighted by atomic mass is 32.1. The monoisotopic (exact) mass is 267 g/mol. The summed E-state index contributed by atoms with van der Waals surface area (Å²) >= 11 is 1.79. The van der Waals surface area contributed by atoms with Crippen molar-refractivity contribution in [2.75, 3.05) is 24.5 Å². The van der Waals surface area contributed by atoms with Gasteiger partial charge in [0.2, 0.25) is 0 Å². The molecular formula is C14H25N3S. The first-order valence-corrected chi connectivity index (χ1v) is 7.98. The minimum absolute atomic E-state index is 0.782. The second-order valence-electron chi connectivity index (χ2n) is 5.49. The summed E-state index contributed by atoms with van der Waals surface area (Å²) in [6.45, 7) is 11.2. The van der Waals surface area contributed by atoms with Crippen LogP contribution in [0.15, 0.2) is 5.38 Å². The lowest BCUT2D eigenvalue weighted by Gasteiger charge is -2.35. The maximum atomic E-state index is 4.75. The van der Waals surface area contributed by atoms with Gasteiger partial charge in [-0.3, -0.25) is 0 Å². The Hall–Kier alpha value is -0.610. The lowest BCUT2D eigenvalue weighted by atomic mass is 9.89. The first-order chi connectivity index (χ1) is 8.70. The fourth-order valence-corrected chi connectivity index (χ4v) is 3.21. The first-order valence-electron chi connectivity index (χ1n) is 7.10. The summed E-state index contributed by atoms with van der Waals surface area (Å²) in [4.78, 5) is 7.20. The number of anilines is 1. The van der Waals surface area contributed by atoms with Crippen LogP contribution in [0.4, 0.5) is 5.13 Å². The van der Waals surface area contributed by atoms with Gasteiger partial charge >= 0.3 is 0 Å². The molecule has 1 aliphatic rings. The Kier molecular flexibility index (Phi) is 5.01. The molecule has 18 heavy (non-hydrogen) atoms. The molecule has 4 heteroatoms. The third-order valence-corrected chi connectivity index (χ3v) is 4.83. The Labute approximate surface area is 115 Å². The smallest absolute Gasteiger partial charge is 0.185 e. The number of aromatic nitrogens is 1. The van der Waals surface area contributed by atoms with Crippen LogP contribution in [0.25, 0.3) is 0 Å². The summed E-state index contributed by atoms with van der Waals surface area (Å²) in [6.07, 6.45) is 2.47. The molecule has 2 atom stereocenters. The van der Waals surface area contributed by atoms with Crippen molar-refractivity contribution in [3.05, 3.63) is 11.1 Å². The van der Waals surface area contributed by atoms with E-state index in [0.717, 1.165) is 31.5 Å². The molecule has 0 radical (unpaired) electrons. The van der Waals surface area contributed by atoms with E-state index in [4.69, 9.17) is 4.98 Å². The fourth-order valence-electron chi connectivity index (χ4n) is 2.35. The quantitative estimate of drug-likeness (QED) is 0.831. The van der Waals surface area contributed by atoms with Gasteiger partial charge in [-0.2, -0.15) is 0 Å². The molecule has 0 aliphatic carbocycles. The average molecular weight is 267 g/mol. The molecule has 1 saturated heterocycles. The number of nitrogens with one attached hydrogen (secondary N) is 1. The van der Waals surface area contributed by atoms with Crippen molar-refractivity contribution in [2.24, 2.45) is 11.8 Å². The Balaban J connectivity index is 1.89. The number of thiazole rings is 1. The lowest BCUT2D eigenvalue weighted by Crippen LogP contribution is -2.38. The fraction of sp³-hybridized carbons (Fsp3) is 0.786. The SMILES string of the molecule is CCCNCc1csc(N2CCC(C)C(C)C2)n1. The Morgan fingerprint density at radius 1 is 1.44 bits per heavy atom. The van der Waals surface area contributed by atoms with E-state index in [1.54, 1.807) is 11.3 Å². The molecule has 1 aliphatic heterocycles. The van der Waals surface area contributed by atoms with Crippen molar-refractivity contribution in [1.82, 2.24) is 10.3 Å². The maximum Gasteiger partial charge on any atom is 0.185 e. The number of nitrogens with zero attached hydrogens (tertiary/aromatic N) is 2. The van der Waals surface area contributed by atoms with Crippen LogP contribution in [0.2, 0.25) is 0 Å². The first kappa shape index (κ1) is 13.8. The minimum atomic E-state index is 0.782. The maximum absolute atomic E-state index is 4.75. The molecule has 0 amide bonds. The standard InChI is InChI=1S/C14H25N3S/c1-4-6-15-8-13-10-18-14(16-13)17-7-5-11(2)12(3)9-17/h10-12,15H,4-9H2,1-3H3. The van der Waals surface area contributed by atoms with E-state index in [-0.39, 0.29) is 0 Å². The van der Waals surface area contributed by atoms with Crippen LogP contribution < -0.4 is 10.2 Å². The lowest BCUT2D eigenvalue weighted by molar-refractivity contribution is 0.323. The van der Waals surface area contributed by atoms with Gasteiger partial charge in [-0.25, -0.2) is 4.98 Å². The van der Waals surface area contributed by atoms with Gasteiger partial charge in [0.1, 0.15) is 0 Å². The predicted molar refractivity (Wildman–Crippen MR) is 79.3 cm³/mol. The molecule has 2 unspecified atom stereocenters. The average Bonchev–Trinajstić information content (AvgIpc) is 2.82. The molecule has 1 N–H and O–H groups in total. The largest absolute Gasteiger partial charge is 0.348 e. The topological polar surface area (TPSA) is 28.2 Å². The summed E-state index contributed by atoms with van der Waals surface area (Å²) in [5.41, 5.74) is 1.19. The third-order valence-electron chi connectivity index (χ3n) is 3.88. The van der Waals surface area contributed by atoms with Gasteiger partial charge in [0.05, 0.1) is 5.69 Å². The number of piperidine rings is 1. The van der Waals surface area contributed by atoms with E-state index in [1.165, 1.54) is 30.2 Å². The molecular weight excluding hydrogens is 242 g/mol. The third kappa shape index (κ3) is 3.45. The Bertz CT molecular complexity index is 364. The van der Waals surface area contributed by atoms with E-state index in [2.05, 4.69) is 36.4 Å². The van der Waals surface area contributed by atoms with E-state index < -0.39 is 0 Å². The highest BCUT2D eigenvalue weighted by molar-refractivity contribution is 7.13. The van der Waals surface area contributed by atoms with Gasteiger partial charge < -0.3 is 10.2 Å². The van der Waals surface area contributed by atoms with Crippen molar-refractivity contribution in [3.63, 3.8) is 0 Å². The summed E-state index contributed by atoms with van der Waals surface area (Å²) < 4.78 is 0. The van der Waals surface area contributed by atoms with Crippen LogP contribution in [0.1, 0.15) is 39.3 Å². The van der Waals surface area contributed by atoms with Crippen molar-refractivity contribution in [1.29, 1.82) is 0 Å². The van der Waals surface area contributed by atoms with Crippen LogP contribution in [0.3, 0.4) is 0 Å². The normalized spacial score (nSPS) is 24.5. The highest BCUT2D eigenvalue weighted by Gasteiger charge is 2.24. The van der Waals surface area contributed by atoms with Gasteiger partial charge in [0.15, 0.2) is 5.13 Å². The van der Waals surface area contributed by atoms with Gasteiger partial charge in [0.25, 0.3) is 0 Å². The van der Waals surface area contributed by atoms with Crippen LogP contribution >= 0.6 is 11.3 Å². The highest BCUT2D eigenvalue weighted by Crippen LogP contribution is 2.28. The van der Waals surface area contributed by atoms with Crippen molar-refractivity contribution in [3.8, 4) is 0 Å². The van der Waals surface area contributed by atoms with Crippen LogP contribution in [0, 0.1) is 11.8 Å². The van der Waals surface area contributed by atoms with Crippen LogP contribution in [0.5, 0.6) is 0 Å². The van der Waals surface area contributed by atoms with E-state index >= 15 is 0 Å². The minimum Gasteiger partial charge on any atom is -0.348 e. The van der Waals surface area contributed by atoms with Crippen LogP contribution in [-0.4, -0.2) is 24.6 Å². The second-order valence-corrected chi connectivity index (χ2v) is 6.32. The zero-order valence-corrected chi connectivity index (χ0v) is 12.6. The molecule has 1 aromatic rings. The molecule has 0 spiro atoms. The van der Waals surface area contributed by atoms with Crippen molar-refractivity contribution >= 4 is 16.5 Å². The van der Waals surface area contributed by atoms with Gasteiger partial charge in [-0.1, -0.05) is 20.8 Å². The van der Waals surface area contributed by atoms with E-state index in [0.29, 0.717) is 0 Å². The van der Waals surface area contributed by atoms with Crippen molar-refractivity contribution < 1.29 is 0 Å². The Morgan fingerprint density at radius 3 is 3.00 bits per heavy atom. The van der Waals surface area contributed by atoms with Crippen LogP contribution in [-0.2, 0) is 6.54 Å². The molecule has 0 bridgehead atoms. The second kappa shape index (κ2) is 6.53. The molecule has 2 heterocycles. The molecule has 3 nitrogen and oxygen atoms in total. The van der Waals surface area contributed by atoms with Gasteiger partial charge in [-0.15, -0.1) is 11.3 Å².